The van der Waals surface area contributed by atoms with E-state index in [1.165, 1.54) is 10.7 Å². The van der Waals surface area contributed by atoms with Crippen LogP contribution in [0.25, 0.3) is 10.8 Å². The zero-order chi connectivity index (χ0) is 24.3. The Morgan fingerprint density at radius 1 is 1.00 bits per heavy atom. The molecule has 1 aromatic carbocycles. The van der Waals surface area contributed by atoms with Crippen LogP contribution in [-0.2, 0) is 12.7 Å². The molecule has 1 aliphatic rings. The molecule has 0 N–H and O–H groups in total. The molecule has 0 unspecified atom stereocenters. The van der Waals surface area contributed by atoms with E-state index in [4.69, 9.17) is 0 Å². The fourth-order valence-corrected chi connectivity index (χ4v) is 4.09. The van der Waals surface area contributed by atoms with Crippen LogP contribution in [0, 0.1) is 0 Å². The minimum Gasteiger partial charge on any atom is -0.353 e. The lowest BCUT2D eigenvalue weighted by atomic mass is 10.1. The SMILES string of the molecule is CCCCCn1nc(C(=O)N2CCN(c3ccc(C(F)(F)F)cn3)CC2)c2ccccc2c1=O. The maximum atomic E-state index is 13.4. The van der Waals surface area contributed by atoms with Crippen LogP contribution in [0.3, 0.4) is 0 Å². The number of unbranched alkanes of at least 4 members (excludes halogenated alkanes) is 2. The van der Waals surface area contributed by atoms with E-state index in [1.54, 1.807) is 29.2 Å². The van der Waals surface area contributed by atoms with Gasteiger partial charge in [0.05, 0.1) is 10.9 Å². The Kier molecular flexibility index (Phi) is 6.85. The minimum atomic E-state index is -4.43. The number of aryl methyl sites for hydroxylation is 1. The highest BCUT2D eigenvalue weighted by Gasteiger charge is 2.31. The number of amides is 1. The Bertz CT molecular complexity index is 1220. The second-order valence-electron chi connectivity index (χ2n) is 8.31. The third kappa shape index (κ3) is 4.90. The minimum absolute atomic E-state index is 0.207. The molecular weight excluding hydrogens is 447 g/mol. The summed E-state index contributed by atoms with van der Waals surface area (Å²) < 4.78 is 39.8. The molecule has 7 nitrogen and oxygen atoms in total. The van der Waals surface area contributed by atoms with E-state index >= 15 is 0 Å². The lowest BCUT2D eigenvalue weighted by Gasteiger charge is -2.35. The van der Waals surface area contributed by atoms with Crippen LogP contribution >= 0.6 is 0 Å². The van der Waals surface area contributed by atoms with Crippen LogP contribution in [0.4, 0.5) is 19.0 Å². The number of rotatable bonds is 6. The van der Waals surface area contributed by atoms with Crippen molar-refractivity contribution in [1.29, 1.82) is 0 Å². The number of piperazine rings is 1. The molecule has 0 spiro atoms. The molecule has 0 atom stereocenters. The third-order valence-corrected chi connectivity index (χ3v) is 6.01. The highest BCUT2D eigenvalue weighted by molar-refractivity contribution is 6.04. The number of hydrogen-bond donors (Lipinski definition) is 0. The molecule has 34 heavy (non-hydrogen) atoms. The fraction of sp³-hybridized carbons (Fsp3) is 0.417. The number of pyridine rings is 1. The van der Waals surface area contributed by atoms with Crippen molar-refractivity contribution in [1.82, 2.24) is 19.7 Å². The van der Waals surface area contributed by atoms with E-state index in [2.05, 4.69) is 17.0 Å². The molecule has 3 heterocycles. The van der Waals surface area contributed by atoms with Crippen LogP contribution in [0.2, 0.25) is 0 Å². The van der Waals surface area contributed by atoms with Gasteiger partial charge in [0.1, 0.15) is 5.82 Å². The van der Waals surface area contributed by atoms with E-state index in [0.29, 0.717) is 49.3 Å². The number of carbonyl (C=O) groups is 1. The van der Waals surface area contributed by atoms with Crippen LogP contribution in [-0.4, -0.2) is 51.8 Å². The second-order valence-corrected chi connectivity index (χ2v) is 8.31. The summed E-state index contributed by atoms with van der Waals surface area (Å²) in [6, 6.07) is 9.34. The molecular formula is C24H26F3N5O2. The fourth-order valence-electron chi connectivity index (χ4n) is 4.09. The number of fused-ring (bicyclic) bond motifs is 1. The van der Waals surface area contributed by atoms with Gasteiger partial charge in [-0.1, -0.05) is 38.0 Å². The number of aromatic nitrogens is 3. The molecule has 0 radical (unpaired) electrons. The van der Waals surface area contributed by atoms with E-state index in [0.717, 1.165) is 31.5 Å². The quantitative estimate of drug-likeness (QED) is 0.507. The topological polar surface area (TPSA) is 71.3 Å². The van der Waals surface area contributed by atoms with Gasteiger partial charge in [0.15, 0.2) is 5.69 Å². The van der Waals surface area contributed by atoms with E-state index in [9.17, 15) is 22.8 Å². The Hall–Kier alpha value is -3.43. The maximum absolute atomic E-state index is 13.4. The molecule has 4 rings (SSSR count). The number of halogens is 3. The molecule has 0 bridgehead atoms. The Balaban J connectivity index is 1.52. The summed E-state index contributed by atoms with van der Waals surface area (Å²) in [5.74, 6) is 0.175. The van der Waals surface area contributed by atoms with Gasteiger partial charge in [-0.05, 0) is 24.6 Å². The highest BCUT2D eigenvalue weighted by atomic mass is 19.4. The van der Waals surface area contributed by atoms with Crippen LogP contribution in [0.5, 0.6) is 0 Å². The second kappa shape index (κ2) is 9.82. The van der Waals surface area contributed by atoms with Crippen LogP contribution in [0.1, 0.15) is 42.2 Å². The smallest absolute Gasteiger partial charge is 0.353 e. The predicted molar refractivity (Wildman–Crippen MR) is 123 cm³/mol. The Morgan fingerprint density at radius 2 is 1.71 bits per heavy atom. The largest absolute Gasteiger partial charge is 0.417 e. The first kappa shape index (κ1) is 23.7. The van der Waals surface area contributed by atoms with Crippen molar-refractivity contribution < 1.29 is 18.0 Å². The molecule has 1 fully saturated rings. The van der Waals surface area contributed by atoms with Gasteiger partial charge >= 0.3 is 6.18 Å². The summed E-state index contributed by atoms with van der Waals surface area (Å²) in [6.45, 7) is 4.12. The van der Waals surface area contributed by atoms with Crippen LogP contribution < -0.4 is 10.5 Å². The van der Waals surface area contributed by atoms with Gasteiger partial charge in [-0.25, -0.2) is 9.67 Å². The van der Waals surface area contributed by atoms with Gasteiger partial charge in [-0.2, -0.15) is 18.3 Å². The van der Waals surface area contributed by atoms with E-state index < -0.39 is 11.7 Å². The summed E-state index contributed by atoms with van der Waals surface area (Å²) in [5, 5.41) is 5.42. The molecule has 0 aliphatic carbocycles. The summed E-state index contributed by atoms with van der Waals surface area (Å²) in [6.07, 6.45) is -0.839. The summed E-state index contributed by atoms with van der Waals surface area (Å²) in [5.41, 5.74) is -0.758. The lowest BCUT2D eigenvalue weighted by Crippen LogP contribution is -2.49. The zero-order valence-corrected chi connectivity index (χ0v) is 18.9. The highest BCUT2D eigenvalue weighted by Crippen LogP contribution is 2.29. The molecule has 1 saturated heterocycles. The summed E-state index contributed by atoms with van der Waals surface area (Å²) >= 11 is 0. The molecule has 1 aliphatic heterocycles. The zero-order valence-electron chi connectivity index (χ0n) is 18.9. The predicted octanol–water partition coefficient (Wildman–Crippen LogP) is 3.96. The van der Waals surface area contributed by atoms with Crippen molar-refractivity contribution in [3.63, 3.8) is 0 Å². The normalized spacial score (nSPS) is 14.6. The van der Waals surface area contributed by atoms with E-state index in [1.807, 2.05) is 4.90 Å². The van der Waals surface area contributed by atoms with Gasteiger partial charge in [0, 0.05) is 44.3 Å². The molecule has 10 heteroatoms. The van der Waals surface area contributed by atoms with Gasteiger partial charge < -0.3 is 9.80 Å². The maximum Gasteiger partial charge on any atom is 0.417 e. The number of nitrogens with zero attached hydrogens (tertiary/aromatic N) is 5. The summed E-state index contributed by atoms with van der Waals surface area (Å²) in [7, 11) is 0. The van der Waals surface area contributed by atoms with Crippen molar-refractivity contribution >= 4 is 22.5 Å². The Morgan fingerprint density at radius 3 is 2.32 bits per heavy atom. The molecule has 1 amide bonds. The number of carbonyl (C=O) groups excluding carboxylic acids is 1. The van der Waals surface area contributed by atoms with Gasteiger partial charge in [-0.15, -0.1) is 0 Å². The average Bonchev–Trinajstić information content (AvgIpc) is 2.85. The van der Waals surface area contributed by atoms with E-state index in [-0.39, 0.29) is 17.2 Å². The molecule has 3 aromatic rings. The average molecular weight is 473 g/mol. The first-order valence-corrected chi connectivity index (χ1v) is 11.4. The number of hydrogen-bond acceptors (Lipinski definition) is 5. The van der Waals surface area contributed by atoms with Crippen molar-refractivity contribution in [2.45, 2.75) is 38.9 Å². The van der Waals surface area contributed by atoms with Crippen molar-refractivity contribution in [2.24, 2.45) is 0 Å². The van der Waals surface area contributed by atoms with Gasteiger partial charge in [0.25, 0.3) is 11.5 Å². The third-order valence-electron chi connectivity index (χ3n) is 6.01. The van der Waals surface area contributed by atoms with Crippen molar-refractivity contribution in [2.75, 3.05) is 31.1 Å². The lowest BCUT2D eigenvalue weighted by molar-refractivity contribution is -0.137. The first-order valence-electron chi connectivity index (χ1n) is 11.4. The number of alkyl halides is 3. The number of benzene rings is 1. The molecule has 180 valence electrons. The number of anilines is 1. The molecule has 2 aromatic heterocycles. The Labute approximate surface area is 194 Å². The van der Waals surface area contributed by atoms with Gasteiger partial charge in [-0.3, -0.25) is 9.59 Å². The van der Waals surface area contributed by atoms with Crippen molar-refractivity contribution in [3.05, 3.63) is 64.2 Å². The van der Waals surface area contributed by atoms with Crippen molar-refractivity contribution in [3.8, 4) is 0 Å². The standard InChI is InChI=1S/C24H26F3N5O2/c1-2-3-6-11-32-22(33)19-8-5-4-7-18(19)21(29-32)23(34)31-14-12-30(13-15-31)20-10-9-17(16-28-20)24(25,26)27/h4-5,7-10,16H,2-3,6,11-15H2,1H3. The molecule has 0 saturated carbocycles. The van der Waals surface area contributed by atoms with Gasteiger partial charge in [0.2, 0.25) is 0 Å². The van der Waals surface area contributed by atoms with Crippen LogP contribution in [0.15, 0.2) is 47.4 Å². The monoisotopic (exact) mass is 473 g/mol. The first-order chi connectivity index (χ1) is 16.3. The summed E-state index contributed by atoms with van der Waals surface area (Å²) in [4.78, 5) is 33.7.